The number of imidazole rings is 1. The minimum atomic E-state index is -0.0542. The molecule has 0 saturated heterocycles. The zero-order chi connectivity index (χ0) is 57.4. The van der Waals surface area contributed by atoms with E-state index < -0.39 is 0 Å². The summed E-state index contributed by atoms with van der Waals surface area (Å²) >= 11 is 0. The molecule has 5 nitrogen and oxygen atoms in total. The lowest BCUT2D eigenvalue weighted by Crippen LogP contribution is -2.56. The van der Waals surface area contributed by atoms with E-state index in [0.717, 1.165) is 124 Å². The van der Waals surface area contributed by atoms with Crippen molar-refractivity contribution in [3.05, 3.63) is 309 Å². The molecule has 14 aromatic rings. The Bertz CT molecular complexity index is 4750. The van der Waals surface area contributed by atoms with Crippen LogP contribution < -0.4 is 9.30 Å². The fraction of sp³-hybridized carbons (Fsp3) is 0.122. The van der Waals surface area contributed by atoms with Crippen molar-refractivity contribution >= 4 is 32.8 Å². The molecule has 4 aliphatic carbocycles. The summed E-state index contributed by atoms with van der Waals surface area (Å²) in [6.45, 7) is 0. The average molecular weight is 1120 g/mol. The summed E-state index contributed by atoms with van der Waals surface area (Å²) in [6.07, 6.45) is 11.0. The van der Waals surface area contributed by atoms with Gasteiger partial charge in [-0.25, -0.2) is 4.98 Å². The number of hydrogen-bond donors (Lipinski definition) is 0. The van der Waals surface area contributed by atoms with E-state index in [0.29, 0.717) is 11.8 Å². The Labute approximate surface area is 507 Å². The maximum absolute atomic E-state index is 7.45. The van der Waals surface area contributed by atoms with Gasteiger partial charge in [-0.1, -0.05) is 218 Å². The molecule has 3 aromatic heterocycles. The number of ether oxygens (including phenoxy) is 1. The zero-order valence-electron chi connectivity index (χ0n) is 48.3. The first-order valence-electron chi connectivity index (χ1n) is 31.0. The Morgan fingerprint density at radius 1 is 0.391 bits per heavy atom. The van der Waals surface area contributed by atoms with Crippen molar-refractivity contribution in [2.45, 2.75) is 37.5 Å². The summed E-state index contributed by atoms with van der Waals surface area (Å²) in [7, 11) is 0. The summed E-state index contributed by atoms with van der Waals surface area (Å²) in [4.78, 5) is 5.30. The van der Waals surface area contributed by atoms with Gasteiger partial charge in [-0.15, -0.1) is 0 Å². The lowest BCUT2D eigenvalue weighted by Gasteiger charge is -2.62. The van der Waals surface area contributed by atoms with Crippen LogP contribution in [-0.4, -0.2) is 14.1 Å². The third-order valence-electron chi connectivity index (χ3n) is 19.8. The summed E-state index contributed by atoms with van der Waals surface area (Å²) in [5.74, 6) is 5.31. The zero-order valence-corrected chi connectivity index (χ0v) is 48.3. The Morgan fingerprint density at radius 3 is 1.54 bits per heavy atom. The molecule has 11 aromatic carbocycles. The summed E-state index contributed by atoms with van der Waals surface area (Å²) in [6, 6.07) is 104. The lowest BCUT2D eigenvalue weighted by atomic mass is 9.42. The molecule has 0 spiro atoms. The molecule has 0 N–H and O–H groups in total. The number of aromatic nitrogens is 4. The number of para-hydroxylation sites is 4. The van der Waals surface area contributed by atoms with Gasteiger partial charge in [0.25, 0.3) is 6.33 Å². The van der Waals surface area contributed by atoms with Crippen LogP contribution in [0.2, 0.25) is 0 Å². The molecule has 4 saturated carbocycles. The first kappa shape index (κ1) is 51.1. The average Bonchev–Trinajstić information content (AvgIpc) is 1.33. The lowest BCUT2D eigenvalue weighted by molar-refractivity contribution is -0.566. The van der Waals surface area contributed by atoms with Crippen molar-refractivity contribution in [3.63, 3.8) is 0 Å². The minimum absolute atomic E-state index is 0.0542. The molecule has 5 heteroatoms. The van der Waals surface area contributed by atoms with E-state index in [9.17, 15) is 0 Å². The van der Waals surface area contributed by atoms with E-state index in [-0.39, 0.29) is 5.41 Å². The van der Waals surface area contributed by atoms with Crippen LogP contribution in [0.15, 0.2) is 298 Å². The van der Waals surface area contributed by atoms with Crippen LogP contribution in [0.5, 0.6) is 11.5 Å². The predicted molar refractivity (Wildman–Crippen MR) is 355 cm³/mol. The second-order valence-corrected chi connectivity index (χ2v) is 24.5. The van der Waals surface area contributed by atoms with E-state index in [2.05, 4.69) is 311 Å². The Hall–Kier alpha value is -10.4. The van der Waals surface area contributed by atoms with Gasteiger partial charge in [0.1, 0.15) is 28.7 Å². The fourth-order valence-corrected chi connectivity index (χ4v) is 16.5. The molecule has 0 atom stereocenters. The number of hydrogen-bond acceptors (Lipinski definition) is 2. The highest BCUT2D eigenvalue weighted by atomic mass is 16.5. The second kappa shape index (κ2) is 21.0. The Kier molecular flexibility index (Phi) is 12.3. The molecule has 0 amide bonds. The van der Waals surface area contributed by atoms with Gasteiger partial charge in [-0.2, -0.15) is 9.13 Å². The standard InChI is InChI=1S/C82H63N4O/c1-6-22-57(23-7-1)69-33-20-34-70(58-24-8-2-9-25-58)80(69)61-49-66(84-54-85(77-39-19-18-38-76(77)84)81-71(59-26-10-3-11-27-59)35-21-36-72(81)60-28-12-4-13-29-60)52-68(50-61)87-67-40-41-74-73-32-16-17-37-75(73)86(78(74)53-67)79-51-63(42-43-83-79)82(62-30-14-5-15-31-62)64-45-55-44-56(47-64)48-65(82)46-55/h1-43,49-56,64-65H,44-48H2/q+1. The molecule has 416 valence electrons. The van der Waals surface area contributed by atoms with Crippen LogP contribution in [0, 0.1) is 23.7 Å². The van der Waals surface area contributed by atoms with Crippen LogP contribution in [0.3, 0.4) is 0 Å². The Morgan fingerprint density at radius 2 is 0.920 bits per heavy atom. The minimum Gasteiger partial charge on any atom is -0.457 e. The highest BCUT2D eigenvalue weighted by Crippen LogP contribution is 2.65. The second-order valence-electron chi connectivity index (χ2n) is 24.5. The van der Waals surface area contributed by atoms with Crippen molar-refractivity contribution in [2.75, 3.05) is 0 Å². The maximum atomic E-state index is 7.45. The van der Waals surface area contributed by atoms with Gasteiger partial charge < -0.3 is 4.74 Å². The van der Waals surface area contributed by atoms with E-state index >= 15 is 0 Å². The highest BCUT2D eigenvalue weighted by molar-refractivity contribution is 6.09. The van der Waals surface area contributed by atoms with Crippen LogP contribution >= 0.6 is 0 Å². The third kappa shape index (κ3) is 8.58. The Balaban J connectivity index is 0.866. The van der Waals surface area contributed by atoms with E-state index in [4.69, 9.17) is 9.72 Å². The summed E-state index contributed by atoms with van der Waals surface area (Å²) < 4.78 is 14.6. The topological polar surface area (TPSA) is 35.9 Å². The van der Waals surface area contributed by atoms with Crippen molar-refractivity contribution < 1.29 is 9.30 Å². The number of nitrogens with zero attached hydrogens (tertiary/aromatic N) is 4. The van der Waals surface area contributed by atoms with E-state index in [1.54, 1.807) is 0 Å². The summed E-state index contributed by atoms with van der Waals surface area (Å²) in [5.41, 5.74) is 20.5. The van der Waals surface area contributed by atoms with Crippen molar-refractivity contribution in [2.24, 2.45) is 23.7 Å². The van der Waals surface area contributed by atoms with E-state index in [1.807, 2.05) is 0 Å². The van der Waals surface area contributed by atoms with E-state index in [1.165, 1.54) is 48.6 Å². The van der Waals surface area contributed by atoms with Gasteiger partial charge in [0.05, 0.1) is 11.0 Å². The maximum Gasteiger partial charge on any atom is 0.255 e. The molecule has 4 aliphatic rings. The van der Waals surface area contributed by atoms with Gasteiger partial charge in [0.2, 0.25) is 0 Å². The summed E-state index contributed by atoms with van der Waals surface area (Å²) in [5, 5.41) is 2.34. The molecule has 4 bridgehead atoms. The number of fused-ring (bicyclic) bond motifs is 4. The van der Waals surface area contributed by atoms with Gasteiger partial charge in [-0.05, 0) is 166 Å². The largest absolute Gasteiger partial charge is 0.457 e. The molecule has 0 radical (unpaired) electrons. The molecular formula is C82H63N4O+. The first-order valence-corrected chi connectivity index (χ1v) is 31.0. The monoisotopic (exact) mass is 1120 g/mol. The molecule has 0 aliphatic heterocycles. The quantitative estimate of drug-likeness (QED) is 0.114. The number of pyridine rings is 1. The van der Waals surface area contributed by atoms with Crippen molar-refractivity contribution in [1.29, 1.82) is 0 Å². The van der Waals surface area contributed by atoms with Crippen LogP contribution in [0.25, 0.3) is 106 Å². The predicted octanol–water partition coefficient (Wildman–Crippen LogP) is 20.3. The fourth-order valence-electron chi connectivity index (χ4n) is 16.5. The van der Waals surface area contributed by atoms with Crippen LogP contribution in [0.1, 0.15) is 43.2 Å². The van der Waals surface area contributed by atoms with Gasteiger partial charge in [0.15, 0.2) is 11.0 Å². The normalized spacial score (nSPS) is 18.6. The molecule has 0 unspecified atom stereocenters. The van der Waals surface area contributed by atoms with Crippen LogP contribution in [-0.2, 0) is 5.41 Å². The van der Waals surface area contributed by atoms with Crippen molar-refractivity contribution in [1.82, 2.24) is 14.1 Å². The SMILES string of the molecule is c1ccc(-c2cccc(-c3ccccc3)c2-c2cc(Oc3ccc4c5ccccc5n(-c5cc(C6(c7ccccc7)C7CC8CC(C7)CC6C8)ccn5)c4c3)cc(-n3c[n+](-c4c(-c5ccccc5)cccc4-c4ccccc4)c4ccccc43)c2)cc1. The van der Waals surface area contributed by atoms with Gasteiger partial charge in [-0.3, -0.25) is 4.57 Å². The number of benzene rings is 11. The molecule has 4 fully saturated rings. The van der Waals surface area contributed by atoms with Gasteiger partial charge in [0, 0.05) is 45.6 Å². The molecular weight excluding hydrogens is 1060 g/mol. The first-order chi connectivity index (χ1) is 43.1. The van der Waals surface area contributed by atoms with Crippen molar-refractivity contribution in [3.8, 4) is 84.3 Å². The molecule has 87 heavy (non-hydrogen) atoms. The third-order valence-corrected chi connectivity index (χ3v) is 19.8. The van der Waals surface area contributed by atoms with Gasteiger partial charge >= 0.3 is 0 Å². The number of rotatable bonds is 12. The molecule has 18 rings (SSSR count). The highest BCUT2D eigenvalue weighted by Gasteiger charge is 2.58. The van der Waals surface area contributed by atoms with Crippen LogP contribution in [0.4, 0.5) is 0 Å². The smallest absolute Gasteiger partial charge is 0.255 e. The molecule has 3 heterocycles.